The van der Waals surface area contributed by atoms with Gasteiger partial charge in [-0.15, -0.1) is 0 Å². The molecule has 1 amide bonds. The van der Waals surface area contributed by atoms with Gasteiger partial charge in [0.15, 0.2) is 5.43 Å². The van der Waals surface area contributed by atoms with Crippen LogP contribution in [0.15, 0.2) is 17.1 Å². The summed E-state index contributed by atoms with van der Waals surface area (Å²) in [6.07, 6.45) is 1.40. The van der Waals surface area contributed by atoms with Gasteiger partial charge >= 0.3 is 0 Å². The molecule has 4 N–H and O–H groups in total. The van der Waals surface area contributed by atoms with Crippen molar-refractivity contribution in [3.8, 4) is 0 Å². The van der Waals surface area contributed by atoms with Gasteiger partial charge in [-0.05, 0) is 6.92 Å². The van der Waals surface area contributed by atoms with Crippen LogP contribution in [0.3, 0.4) is 0 Å². The number of H-pyrrole nitrogens is 1. The number of carbonyl (C=O) groups is 1. The molecule has 94 valence electrons. The van der Waals surface area contributed by atoms with Crippen LogP contribution in [0.2, 0.25) is 0 Å². The van der Waals surface area contributed by atoms with Gasteiger partial charge in [-0.25, -0.2) is 0 Å². The molecule has 1 unspecified atom stereocenters. The molecule has 6 nitrogen and oxygen atoms in total. The third kappa shape index (κ3) is 3.69. The van der Waals surface area contributed by atoms with E-state index in [0.29, 0.717) is 12.3 Å². The van der Waals surface area contributed by atoms with Crippen LogP contribution in [0.4, 0.5) is 0 Å². The van der Waals surface area contributed by atoms with Crippen LogP contribution in [0.25, 0.3) is 0 Å². The van der Waals surface area contributed by atoms with E-state index in [2.05, 4.69) is 10.3 Å². The Morgan fingerprint density at radius 1 is 1.65 bits per heavy atom. The highest BCUT2D eigenvalue weighted by atomic mass is 16.5. The number of aromatic nitrogens is 1. The number of methoxy groups -OCH3 is 1. The van der Waals surface area contributed by atoms with Crippen molar-refractivity contribution in [3.63, 3.8) is 0 Å². The molecule has 1 aromatic rings. The molecule has 6 heteroatoms. The molecule has 1 rings (SSSR count). The van der Waals surface area contributed by atoms with Crippen LogP contribution in [0.5, 0.6) is 0 Å². The number of hydrogen-bond acceptors (Lipinski definition) is 4. The monoisotopic (exact) mass is 239 g/mol. The summed E-state index contributed by atoms with van der Waals surface area (Å²) in [5.74, 6) is -0.446. The van der Waals surface area contributed by atoms with Gasteiger partial charge in [-0.1, -0.05) is 0 Å². The number of aryl methyl sites for hydroxylation is 1. The zero-order valence-electron chi connectivity index (χ0n) is 9.95. The lowest BCUT2D eigenvalue weighted by Gasteiger charge is -2.15. The van der Waals surface area contributed by atoms with Crippen molar-refractivity contribution in [1.29, 1.82) is 0 Å². The second kappa shape index (κ2) is 6.17. The van der Waals surface area contributed by atoms with E-state index in [0.717, 1.165) is 0 Å². The molecule has 17 heavy (non-hydrogen) atoms. The number of hydrogen-bond donors (Lipinski definition) is 3. The number of nitrogens with two attached hydrogens (primary N) is 1. The average molecular weight is 239 g/mol. The number of carbonyl (C=O) groups excluding carboxylic acids is 1. The van der Waals surface area contributed by atoms with Crippen molar-refractivity contribution in [2.75, 3.05) is 20.3 Å². The van der Waals surface area contributed by atoms with E-state index in [1.165, 1.54) is 19.4 Å². The summed E-state index contributed by atoms with van der Waals surface area (Å²) in [5, 5.41) is 2.64. The van der Waals surface area contributed by atoms with Crippen molar-refractivity contribution < 1.29 is 9.53 Å². The molecule has 1 aromatic heterocycles. The lowest BCUT2D eigenvalue weighted by atomic mass is 10.2. The van der Waals surface area contributed by atoms with Gasteiger partial charge in [0.05, 0.1) is 12.6 Å². The molecule has 0 aliphatic carbocycles. The number of pyridine rings is 1. The minimum Gasteiger partial charge on any atom is -0.383 e. The molecule has 1 atom stereocenters. The molecular formula is C11H17N3O3. The highest BCUT2D eigenvalue weighted by Crippen LogP contribution is 1.93. The van der Waals surface area contributed by atoms with Crippen LogP contribution in [-0.2, 0) is 4.74 Å². The predicted octanol–water partition coefficient (Wildman–Crippen LogP) is -0.613. The summed E-state index contributed by atoms with van der Waals surface area (Å²) in [4.78, 5) is 26.2. The number of rotatable bonds is 5. The molecule has 0 bridgehead atoms. The van der Waals surface area contributed by atoms with E-state index < -0.39 is 5.91 Å². The molecule has 0 radical (unpaired) electrons. The van der Waals surface area contributed by atoms with E-state index in [9.17, 15) is 9.59 Å². The Hall–Kier alpha value is -1.66. The Morgan fingerprint density at radius 3 is 2.88 bits per heavy atom. The highest BCUT2D eigenvalue weighted by molar-refractivity contribution is 5.94. The zero-order valence-corrected chi connectivity index (χ0v) is 9.95. The third-order valence-corrected chi connectivity index (χ3v) is 2.29. The topological polar surface area (TPSA) is 97.2 Å². The highest BCUT2D eigenvalue weighted by Gasteiger charge is 2.14. The molecule has 0 aromatic carbocycles. The fourth-order valence-electron chi connectivity index (χ4n) is 1.38. The average Bonchev–Trinajstić information content (AvgIpc) is 2.28. The fourth-order valence-corrected chi connectivity index (χ4v) is 1.38. The van der Waals surface area contributed by atoms with Crippen LogP contribution in [0.1, 0.15) is 16.1 Å². The minimum absolute atomic E-state index is 0.0742. The first-order valence-corrected chi connectivity index (χ1v) is 5.27. The van der Waals surface area contributed by atoms with Crippen molar-refractivity contribution in [3.05, 3.63) is 33.7 Å². The second-order valence-corrected chi connectivity index (χ2v) is 3.76. The molecule has 0 aliphatic heterocycles. The molecule has 0 fully saturated rings. The lowest BCUT2D eigenvalue weighted by molar-refractivity contribution is 0.0899. The first-order valence-electron chi connectivity index (χ1n) is 5.27. The SMILES string of the molecule is COCC(CN)NC(=O)c1c[nH]c(C)cc1=O. The van der Waals surface area contributed by atoms with Gasteiger partial charge in [-0.2, -0.15) is 0 Å². The van der Waals surface area contributed by atoms with E-state index in [1.54, 1.807) is 6.92 Å². The summed E-state index contributed by atoms with van der Waals surface area (Å²) in [6, 6.07) is 1.08. The summed E-state index contributed by atoms with van der Waals surface area (Å²) >= 11 is 0. The van der Waals surface area contributed by atoms with Gasteiger partial charge in [0, 0.05) is 31.6 Å². The van der Waals surface area contributed by atoms with E-state index in [-0.39, 0.29) is 23.6 Å². The number of aromatic amines is 1. The molecule has 0 saturated carbocycles. The zero-order chi connectivity index (χ0) is 12.8. The van der Waals surface area contributed by atoms with Gasteiger partial charge < -0.3 is 20.8 Å². The largest absolute Gasteiger partial charge is 0.383 e. The fraction of sp³-hybridized carbons (Fsp3) is 0.455. The van der Waals surface area contributed by atoms with Gasteiger partial charge in [-0.3, -0.25) is 9.59 Å². The van der Waals surface area contributed by atoms with Gasteiger partial charge in [0.25, 0.3) is 5.91 Å². The minimum atomic E-state index is -0.446. The summed E-state index contributed by atoms with van der Waals surface area (Å²) in [5.41, 5.74) is 5.94. The maximum absolute atomic E-state index is 11.8. The van der Waals surface area contributed by atoms with Crippen LogP contribution >= 0.6 is 0 Å². The Bertz CT molecular complexity index is 442. The summed E-state index contributed by atoms with van der Waals surface area (Å²) in [6.45, 7) is 2.31. The molecule has 1 heterocycles. The third-order valence-electron chi connectivity index (χ3n) is 2.29. The van der Waals surface area contributed by atoms with Crippen LogP contribution in [0, 0.1) is 6.92 Å². The maximum atomic E-state index is 11.8. The second-order valence-electron chi connectivity index (χ2n) is 3.76. The lowest BCUT2D eigenvalue weighted by Crippen LogP contribution is -2.44. The first kappa shape index (κ1) is 13.4. The Morgan fingerprint density at radius 2 is 2.35 bits per heavy atom. The van der Waals surface area contributed by atoms with Gasteiger partial charge in [0.1, 0.15) is 5.56 Å². The van der Waals surface area contributed by atoms with E-state index in [4.69, 9.17) is 10.5 Å². The number of ether oxygens (including phenoxy) is 1. The van der Waals surface area contributed by atoms with Crippen LogP contribution < -0.4 is 16.5 Å². The number of amides is 1. The smallest absolute Gasteiger partial charge is 0.257 e. The van der Waals surface area contributed by atoms with Crippen molar-refractivity contribution in [1.82, 2.24) is 10.3 Å². The summed E-state index contributed by atoms with van der Waals surface area (Å²) < 4.78 is 4.90. The van der Waals surface area contributed by atoms with E-state index >= 15 is 0 Å². The number of nitrogens with one attached hydrogen (secondary N) is 2. The van der Waals surface area contributed by atoms with Crippen molar-refractivity contribution in [2.45, 2.75) is 13.0 Å². The van der Waals surface area contributed by atoms with Gasteiger partial charge in [0.2, 0.25) is 0 Å². The van der Waals surface area contributed by atoms with Crippen molar-refractivity contribution in [2.24, 2.45) is 5.73 Å². The standard InChI is InChI=1S/C11H17N3O3/c1-7-3-10(15)9(5-13-7)11(16)14-8(4-12)6-17-2/h3,5,8H,4,6,12H2,1-2H3,(H,13,15)(H,14,16). The predicted molar refractivity (Wildman–Crippen MR) is 64.0 cm³/mol. The molecular weight excluding hydrogens is 222 g/mol. The van der Waals surface area contributed by atoms with Crippen LogP contribution in [-0.4, -0.2) is 37.2 Å². The Balaban J connectivity index is 2.79. The Kier molecular flexibility index (Phi) is 4.86. The maximum Gasteiger partial charge on any atom is 0.257 e. The molecule has 0 aliphatic rings. The molecule has 0 saturated heterocycles. The first-order chi connectivity index (χ1) is 8.08. The Labute approximate surface area is 99.2 Å². The summed E-state index contributed by atoms with van der Waals surface area (Å²) in [7, 11) is 1.52. The normalized spacial score (nSPS) is 12.2. The molecule has 0 spiro atoms. The quantitative estimate of drug-likeness (QED) is 0.638. The van der Waals surface area contributed by atoms with Crippen molar-refractivity contribution >= 4 is 5.91 Å². The van der Waals surface area contributed by atoms with E-state index in [1.807, 2.05) is 0 Å².